The van der Waals surface area contributed by atoms with E-state index in [0.717, 1.165) is 17.7 Å². The molecule has 0 spiro atoms. The molecule has 4 rings (SSSR count). The summed E-state index contributed by atoms with van der Waals surface area (Å²) in [5.41, 5.74) is 0.122. The van der Waals surface area contributed by atoms with Crippen molar-refractivity contribution >= 4 is 17.5 Å². The summed E-state index contributed by atoms with van der Waals surface area (Å²) in [4.78, 5) is 37.0. The monoisotopic (exact) mass is 586 g/mol. The Labute approximate surface area is 236 Å². The van der Waals surface area contributed by atoms with Gasteiger partial charge in [0.05, 0.1) is 18.3 Å². The van der Waals surface area contributed by atoms with Gasteiger partial charge in [-0.25, -0.2) is 0 Å². The van der Waals surface area contributed by atoms with Crippen molar-refractivity contribution in [3.05, 3.63) is 106 Å². The second kappa shape index (κ2) is 13.6. The van der Waals surface area contributed by atoms with Crippen LogP contribution in [0.15, 0.2) is 77.9 Å². The van der Waals surface area contributed by atoms with Gasteiger partial charge < -0.3 is 19.9 Å². The zero-order chi connectivity index (χ0) is 30.1. The topological polar surface area (TPSA) is 120 Å². The largest absolute Gasteiger partial charge is 0.573 e. The number of benzene rings is 2. The Morgan fingerprint density at radius 1 is 0.952 bits per heavy atom. The SMILES string of the molecule is O=C(Cc1ccccc1)Nc1ccn(CCCCn2cc(C(=O)NCc3cccc(OC(F)(F)F)c3)nn2)c(=O)c1F. The van der Waals surface area contributed by atoms with Gasteiger partial charge in [-0.1, -0.05) is 47.7 Å². The molecule has 0 aliphatic rings. The van der Waals surface area contributed by atoms with Crippen molar-refractivity contribution in [3.63, 3.8) is 0 Å². The number of pyridine rings is 1. The summed E-state index contributed by atoms with van der Waals surface area (Å²) >= 11 is 0. The highest BCUT2D eigenvalue weighted by atomic mass is 19.4. The van der Waals surface area contributed by atoms with Gasteiger partial charge >= 0.3 is 6.36 Å². The molecule has 0 atom stereocenters. The van der Waals surface area contributed by atoms with E-state index in [9.17, 15) is 31.9 Å². The number of aryl methyl sites for hydroxylation is 2. The summed E-state index contributed by atoms with van der Waals surface area (Å²) < 4.78 is 58.3. The molecule has 0 fully saturated rings. The lowest BCUT2D eigenvalue weighted by Crippen LogP contribution is -2.26. The van der Waals surface area contributed by atoms with E-state index < -0.39 is 35.3 Å². The van der Waals surface area contributed by atoms with E-state index in [4.69, 9.17) is 0 Å². The van der Waals surface area contributed by atoms with Crippen LogP contribution in [0.5, 0.6) is 5.75 Å². The zero-order valence-corrected chi connectivity index (χ0v) is 22.1. The highest BCUT2D eigenvalue weighted by Crippen LogP contribution is 2.23. The molecule has 2 aromatic carbocycles. The molecule has 0 bridgehead atoms. The molecule has 2 amide bonds. The molecule has 2 heterocycles. The van der Waals surface area contributed by atoms with Gasteiger partial charge in [0.25, 0.3) is 11.5 Å². The molecule has 2 aromatic heterocycles. The third kappa shape index (κ3) is 8.74. The smallest absolute Gasteiger partial charge is 0.406 e. The second-order valence-electron chi connectivity index (χ2n) is 9.20. The first-order chi connectivity index (χ1) is 20.1. The first kappa shape index (κ1) is 30.0. The summed E-state index contributed by atoms with van der Waals surface area (Å²) in [5, 5.41) is 12.7. The summed E-state index contributed by atoms with van der Waals surface area (Å²) in [7, 11) is 0. The second-order valence-corrected chi connectivity index (χ2v) is 9.20. The lowest BCUT2D eigenvalue weighted by atomic mass is 10.1. The lowest BCUT2D eigenvalue weighted by Gasteiger charge is -2.10. The Balaban J connectivity index is 1.22. The highest BCUT2D eigenvalue weighted by Gasteiger charge is 2.31. The first-order valence-electron chi connectivity index (χ1n) is 12.8. The van der Waals surface area contributed by atoms with Gasteiger partial charge in [-0.05, 0) is 42.2 Å². The van der Waals surface area contributed by atoms with Crippen LogP contribution in [0.2, 0.25) is 0 Å². The van der Waals surface area contributed by atoms with Crippen molar-refractivity contribution in [2.45, 2.75) is 45.3 Å². The predicted octanol–water partition coefficient (Wildman–Crippen LogP) is 4.07. The van der Waals surface area contributed by atoms with Crippen LogP contribution < -0.4 is 20.9 Å². The van der Waals surface area contributed by atoms with Gasteiger partial charge in [0, 0.05) is 25.8 Å². The van der Waals surface area contributed by atoms with Crippen molar-refractivity contribution < 1.29 is 31.9 Å². The number of carbonyl (C=O) groups excluding carboxylic acids is 2. The average Bonchev–Trinajstić information content (AvgIpc) is 3.42. The van der Waals surface area contributed by atoms with Gasteiger partial charge in [0.2, 0.25) is 11.7 Å². The maximum atomic E-state index is 14.6. The number of halogens is 4. The number of aromatic nitrogens is 4. The minimum atomic E-state index is -4.82. The standard InChI is InChI=1S/C28H26F4N6O4/c29-25-22(34-24(39)16-19-7-2-1-3-8-19)11-14-37(27(25)41)12-4-5-13-38-18-23(35-36-38)26(40)33-17-20-9-6-10-21(15-20)42-28(30,31)32/h1-3,6-11,14-15,18H,4-5,12-13,16-17H2,(H,33,40)(H,34,39). The van der Waals surface area contributed by atoms with E-state index in [1.165, 1.54) is 39.8 Å². The fraction of sp³-hybridized carbons (Fsp3) is 0.250. The van der Waals surface area contributed by atoms with Crippen molar-refractivity contribution in [1.29, 1.82) is 0 Å². The molecule has 0 aliphatic carbocycles. The molecule has 14 heteroatoms. The third-order valence-electron chi connectivity index (χ3n) is 5.98. The number of hydrogen-bond donors (Lipinski definition) is 2. The fourth-order valence-electron chi connectivity index (χ4n) is 3.99. The molecular weight excluding hydrogens is 560 g/mol. The molecule has 42 heavy (non-hydrogen) atoms. The van der Waals surface area contributed by atoms with Crippen LogP contribution in [-0.4, -0.2) is 37.7 Å². The number of carbonyl (C=O) groups is 2. The van der Waals surface area contributed by atoms with Crippen molar-refractivity contribution in [2.75, 3.05) is 5.32 Å². The summed E-state index contributed by atoms with van der Waals surface area (Å²) in [6.45, 7) is 0.524. The number of nitrogens with zero attached hydrogens (tertiary/aromatic N) is 4. The number of rotatable bonds is 12. The lowest BCUT2D eigenvalue weighted by molar-refractivity contribution is -0.274. The maximum Gasteiger partial charge on any atom is 0.573 e. The minimum Gasteiger partial charge on any atom is -0.406 e. The van der Waals surface area contributed by atoms with Crippen molar-refractivity contribution in [2.24, 2.45) is 0 Å². The summed E-state index contributed by atoms with van der Waals surface area (Å²) in [6.07, 6.45) is -0.941. The number of amides is 2. The van der Waals surface area contributed by atoms with Crippen LogP contribution >= 0.6 is 0 Å². The number of anilines is 1. The van der Waals surface area contributed by atoms with E-state index in [0.29, 0.717) is 24.9 Å². The minimum absolute atomic E-state index is 0.0147. The molecule has 4 aromatic rings. The van der Waals surface area contributed by atoms with Crippen LogP contribution in [0.1, 0.15) is 34.5 Å². The van der Waals surface area contributed by atoms with E-state index in [1.807, 2.05) is 6.07 Å². The number of nitrogens with one attached hydrogen (secondary N) is 2. The Hall–Kier alpha value is -5.01. The summed E-state index contributed by atoms with van der Waals surface area (Å²) in [6, 6.07) is 15.5. The van der Waals surface area contributed by atoms with E-state index in [2.05, 4.69) is 25.7 Å². The van der Waals surface area contributed by atoms with Gasteiger partial charge in [-0.15, -0.1) is 18.3 Å². The quantitative estimate of drug-likeness (QED) is 0.191. The maximum absolute atomic E-state index is 14.6. The highest BCUT2D eigenvalue weighted by molar-refractivity contribution is 5.92. The Bertz CT molecular complexity index is 1590. The molecule has 0 saturated carbocycles. The zero-order valence-electron chi connectivity index (χ0n) is 22.1. The van der Waals surface area contributed by atoms with E-state index >= 15 is 0 Å². The van der Waals surface area contributed by atoms with Crippen LogP contribution in [-0.2, 0) is 30.8 Å². The van der Waals surface area contributed by atoms with E-state index in [1.54, 1.807) is 24.3 Å². The summed E-state index contributed by atoms with van der Waals surface area (Å²) in [5.74, 6) is -2.46. The van der Waals surface area contributed by atoms with Crippen molar-refractivity contribution in [1.82, 2.24) is 24.9 Å². The number of unbranched alkanes of at least 4 members (excludes halogenated alkanes) is 1. The van der Waals surface area contributed by atoms with Crippen molar-refractivity contribution in [3.8, 4) is 5.75 Å². The van der Waals surface area contributed by atoms with Gasteiger partial charge in [0.1, 0.15) is 5.75 Å². The van der Waals surface area contributed by atoms with Crippen LogP contribution in [0, 0.1) is 5.82 Å². The normalized spacial score (nSPS) is 11.2. The van der Waals surface area contributed by atoms with Crippen LogP contribution in [0.25, 0.3) is 0 Å². The molecule has 0 aliphatic heterocycles. The molecule has 0 saturated heterocycles. The first-order valence-corrected chi connectivity index (χ1v) is 12.8. The molecule has 2 N–H and O–H groups in total. The van der Waals surface area contributed by atoms with Gasteiger partial charge in [0.15, 0.2) is 5.69 Å². The third-order valence-corrected chi connectivity index (χ3v) is 5.98. The number of ether oxygens (including phenoxy) is 1. The Morgan fingerprint density at radius 2 is 1.69 bits per heavy atom. The van der Waals surface area contributed by atoms with Gasteiger partial charge in [-0.3, -0.25) is 19.1 Å². The molecular formula is C28H26F4N6O4. The number of hydrogen-bond acceptors (Lipinski definition) is 6. The van der Waals surface area contributed by atoms with Gasteiger partial charge in [-0.2, -0.15) is 4.39 Å². The van der Waals surface area contributed by atoms with Crippen LogP contribution in [0.4, 0.5) is 23.2 Å². The molecule has 10 nitrogen and oxygen atoms in total. The van der Waals surface area contributed by atoms with Crippen LogP contribution in [0.3, 0.4) is 0 Å². The Kier molecular flexibility index (Phi) is 9.68. The molecule has 220 valence electrons. The molecule has 0 unspecified atom stereocenters. The fourth-order valence-corrected chi connectivity index (χ4v) is 3.99. The average molecular weight is 587 g/mol. The van der Waals surface area contributed by atoms with E-state index in [-0.39, 0.29) is 30.9 Å². The Morgan fingerprint density at radius 3 is 2.45 bits per heavy atom. The predicted molar refractivity (Wildman–Crippen MR) is 143 cm³/mol. The number of alkyl halides is 3. The molecule has 0 radical (unpaired) electrons.